The molecule has 0 unspecified atom stereocenters. The van der Waals surface area contributed by atoms with Crippen molar-refractivity contribution < 1.29 is 13.9 Å². The van der Waals surface area contributed by atoms with Crippen molar-refractivity contribution in [2.45, 2.75) is 13.5 Å². The second-order valence-corrected chi connectivity index (χ2v) is 8.55. The molecule has 0 saturated carbocycles. The number of hydrogen-bond acceptors (Lipinski definition) is 5. The number of benzene rings is 3. The number of nitrogens with zero attached hydrogens (tertiary/aromatic N) is 1. The van der Waals surface area contributed by atoms with E-state index >= 15 is 0 Å². The van der Waals surface area contributed by atoms with Gasteiger partial charge in [-0.1, -0.05) is 35.3 Å². The number of anilines is 1. The van der Waals surface area contributed by atoms with Crippen molar-refractivity contribution in [1.82, 2.24) is 0 Å². The SMILES string of the molecule is COc1ccc(-c2cc(=O)oc3c(C)c4c(cc23)CN(c2cc(Cl)cc(Cl)c2)CO4)cc1. The first kappa shape index (κ1) is 20.7. The van der Waals surface area contributed by atoms with Gasteiger partial charge in [0.15, 0.2) is 6.73 Å². The maximum Gasteiger partial charge on any atom is 0.336 e. The highest BCUT2D eigenvalue weighted by Crippen LogP contribution is 2.39. The summed E-state index contributed by atoms with van der Waals surface area (Å²) in [6.45, 7) is 2.84. The number of fused-ring (bicyclic) bond motifs is 2. The van der Waals surface area contributed by atoms with Gasteiger partial charge in [-0.15, -0.1) is 0 Å². The zero-order valence-electron chi connectivity index (χ0n) is 17.4. The molecule has 2 heterocycles. The molecular formula is C25H19Cl2NO4. The van der Waals surface area contributed by atoms with Gasteiger partial charge in [-0.05, 0) is 54.4 Å². The monoisotopic (exact) mass is 467 g/mol. The van der Waals surface area contributed by atoms with E-state index < -0.39 is 5.63 Å². The van der Waals surface area contributed by atoms with Crippen LogP contribution in [0.3, 0.4) is 0 Å². The van der Waals surface area contributed by atoms with E-state index in [0.29, 0.717) is 28.9 Å². The highest BCUT2D eigenvalue weighted by atomic mass is 35.5. The van der Waals surface area contributed by atoms with Crippen LogP contribution in [0.5, 0.6) is 11.5 Å². The molecule has 0 bridgehead atoms. The van der Waals surface area contributed by atoms with Gasteiger partial charge in [-0.3, -0.25) is 0 Å². The first-order valence-electron chi connectivity index (χ1n) is 10.0. The summed E-state index contributed by atoms with van der Waals surface area (Å²) in [5.41, 5.74) is 4.49. The van der Waals surface area contributed by atoms with E-state index in [0.717, 1.165) is 44.8 Å². The molecule has 0 spiro atoms. The smallest absolute Gasteiger partial charge is 0.336 e. The molecular weight excluding hydrogens is 449 g/mol. The second-order valence-electron chi connectivity index (χ2n) is 7.67. The van der Waals surface area contributed by atoms with Gasteiger partial charge < -0.3 is 18.8 Å². The van der Waals surface area contributed by atoms with Gasteiger partial charge >= 0.3 is 5.63 Å². The van der Waals surface area contributed by atoms with Gasteiger partial charge in [-0.2, -0.15) is 0 Å². The Bertz CT molecular complexity index is 1380. The molecule has 0 aliphatic carbocycles. The normalized spacial score (nSPS) is 13.1. The van der Waals surface area contributed by atoms with Crippen molar-refractivity contribution in [2.75, 3.05) is 18.7 Å². The Labute approximate surface area is 194 Å². The van der Waals surface area contributed by atoms with Crippen molar-refractivity contribution >= 4 is 39.9 Å². The van der Waals surface area contributed by atoms with Gasteiger partial charge in [-0.25, -0.2) is 4.79 Å². The summed E-state index contributed by atoms with van der Waals surface area (Å²) in [6.07, 6.45) is 0. The van der Waals surface area contributed by atoms with Gasteiger partial charge in [0.1, 0.15) is 17.1 Å². The van der Waals surface area contributed by atoms with E-state index in [1.54, 1.807) is 13.2 Å². The quantitative estimate of drug-likeness (QED) is 0.324. The standard InChI is InChI=1S/C25H19Cl2NO4/c1-14-24-16(12-28(13-31-24)19-9-17(26)8-18(27)10-19)7-22-21(11-23(29)32-25(14)22)15-3-5-20(30-2)6-4-15/h3-11H,12-13H2,1-2H3. The van der Waals surface area contributed by atoms with Crippen LogP contribution in [0.25, 0.3) is 22.1 Å². The zero-order chi connectivity index (χ0) is 22.4. The molecule has 0 atom stereocenters. The summed E-state index contributed by atoms with van der Waals surface area (Å²) in [6, 6.07) is 16.6. The Morgan fingerprint density at radius 2 is 1.72 bits per heavy atom. The largest absolute Gasteiger partial charge is 0.497 e. The van der Waals surface area contributed by atoms with Crippen LogP contribution in [0.4, 0.5) is 5.69 Å². The summed E-state index contributed by atoms with van der Waals surface area (Å²) in [5, 5.41) is 1.98. The maximum atomic E-state index is 12.4. The molecule has 7 heteroatoms. The van der Waals surface area contributed by atoms with Gasteiger partial charge in [0, 0.05) is 44.9 Å². The van der Waals surface area contributed by atoms with Gasteiger partial charge in [0.05, 0.1) is 7.11 Å². The second kappa shape index (κ2) is 8.08. The lowest BCUT2D eigenvalue weighted by Gasteiger charge is -2.32. The lowest BCUT2D eigenvalue weighted by Crippen LogP contribution is -2.32. The Morgan fingerprint density at radius 1 is 1.00 bits per heavy atom. The number of aryl methyl sites for hydroxylation is 1. The molecule has 0 radical (unpaired) electrons. The molecule has 4 aromatic rings. The van der Waals surface area contributed by atoms with Gasteiger partial charge in [0.2, 0.25) is 0 Å². The predicted molar refractivity (Wildman–Crippen MR) is 127 cm³/mol. The first-order chi connectivity index (χ1) is 15.4. The average Bonchev–Trinajstić information content (AvgIpc) is 2.78. The minimum absolute atomic E-state index is 0.332. The van der Waals surface area contributed by atoms with E-state index in [9.17, 15) is 4.79 Å². The van der Waals surface area contributed by atoms with E-state index in [1.165, 1.54) is 6.07 Å². The zero-order valence-corrected chi connectivity index (χ0v) is 19.0. The molecule has 5 nitrogen and oxygen atoms in total. The lowest BCUT2D eigenvalue weighted by molar-refractivity contribution is 0.287. The van der Waals surface area contributed by atoms with Crippen LogP contribution in [0.15, 0.2) is 63.8 Å². The Hall–Kier alpha value is -3.15. The Kier molecular flexibility index (Phi) is 5.24. The summed E-state index contributed by atoms with van der Waals surface area (Å²) in [4.78, 5) is 14.4. The third-order valence-electron chi connectivity index (χ3n) is 5.63. The number of rotatable bonds is 3. The fourth-order valence-electron chi connectivity index (χ4n) is 4.12. The van der Waals surface area contributed by atoms with Crippen LogP contribution in [-0.4, -0.2) is 13.8 Å². The molecule has 32 heavy (non-hydrogen) atoms. The predicted octanol–water partition coefficient (Wildman–Crippen LogP) is 6.44. The molecule has 0 amide bonds. The number of hydrogen-bond donors (Lipinski definition) is 0. The fourth-order valence-corrected chi connectivity index (χ4v) is 4.63. The molecule has 0 N–H and O–H groups in total. The molecule has 0 saturated heterocycles. The third-order valence-corrected chi connectivity index (χ3v) is 6.07. The number of halogens is 2. The van der Waals surface area contributed by atoms with Crippen LogP contribution in [0, 0.1) is 6.92 Å². The van der Waals surface area contributed by atoms with Crippen LogP contribution in [0.1, 0.15) is 11.1 Å². The number of methoxy groups -OCH3 is 1. The molecule has 0 fully saturated rings. The van der Waals surface area contributed by atoms with Crippen molar-refractivity contribution in [1.29, 1.82) is 0 Å². The maximum absolute atomic E-state index is 12.4. The lowest BCUT2D eigenvalue weighted by atomic mass is 9.96. The van der Waals surface area contributed by atoms with E-state index in [4.69, 9.17) is 37.1 Å². The van der Waals surface area contributed by atoms with Crippen LogP contribution < -0.4 is 20.0 Å². The third kappa shape index (κ3) is 3.68. The average molecular weight is 468 g/mol. The van der Waals surface area contributed by atoms with E-state index in [2.05, 4.69) is 4.90 Å². The van der Waals surface area contributed by atoms with Crippen molar-refractivity contribution in [3.8, 4) is 22.6 Å². The summed E-state index contributed by atoms with van der Waals surface area (Å²) < 4.78 is 16.9. The molecule has 1 aliphatic rings. The fraction of sp³-hybridized carbons (Fsp3) is 0.160. The Balaban J connectivity index is 1.64. The number of ether oxygens (including phenoxy) is 2. The molecule has 1 aromatic heterocycles. The van der Waals surface area contributed by atoms with Crippen molar-refractivity contribution in [3.05, 3.63) is 86.2 Å². The molecule has 3 aromatic carbocycles. The van der Waals surface area contributed by atoms with E-state index in [1.807, 2.05) is 49.4 Å². The van der Waals surface area contributed by atoms with Crippen molar-refractivity contribution in [2.24, 2.45) is 0 Å². The van der Waals surface area contributed by atoms with E-state index in [-0.39, 0.29) is 0 Å². The summed E-state index contributed by atoms with van der Waals surface area (Å²) in [5.74, 6) is 1.48. The first-order valence-corrected chi connectivity index (χ1v) is 10.8. The minimum atomic E-state index is -0.405. The van der Waals surface area contributed by atoms with Gasteiger partial charge in [0.25, 0.3) is 0 Å². The topological polar surface area (TPSA) is 51.9 Å². The Morgan fingerprint density at radius 3 is 2.41 bits per heavy atom. The highest BCUT2D eigenvalue weighted by molar-refractivity contribution is 6.35. The molecule has 5 rings (SSSR count). The minimum Gasteiger partial charge on any atom is -0.497 e. The highest BCUT2D eigenvalue weighted by Gasteiger charge is 2.24. The van der Waals surface area contributed by atoms with Crippen LogP contribution in [0.2, 0.25) is 10.0 Å². The molecule has 1 aliphatic heterocycles. The molecule has 162 valence electrons. The van der Waals surface area contributed by atoms with Crippen LogP contribution >= 0.6 is 23.2 Å². The van der Waals surface area contributed by atoms with Crippen LogP contribution in [-0.2, 0) is 6.54 Å². The van der Waals surface area contributed by atoms with Crippen molar-refractivity contribution in [3.63, 3.8) is 0 Å². The summed E-state index contributed by atoms with van der Waals surface area (Å²) in [7, 11) is 1.62. The summed E-state index contributed by atoms with van der Waals surface area (Å²) >= 11 is 12.4.